The molecule has 15 heteroatoms. The maximum atomic E-state index is 14.7. The van der Waals surface area contributed by atoms with Crippen LogP contribution in [0.2, 0.25) is 0 Å². The van der Waals surface area contributed by atoms with E-state index in [0.29, 0.717) is 11.0 Å². The minimum absolute atomic E-state index is 0.0341. The van der Waals surface area contributed by atoms with Crippen molar-refractivity contribution in [1.29, 1.82) is 0 Å². The average molecular weight is 582 g/mol. The molecule has 1 N–H and O–H groups in total. The first-order chi connectivity index (χ1) is 18.9. The molecule has 3 atom stereocenters. The zero-order valence-corrected chi connectivity index (χ0v) is 21.4. The number of rotatable bonds is 6. The van der Waals surface area contributed by atoms with Crippen molar-refractivity contribution in [3.63, 3.8) is 0 Å². The SMILES string of the molecule is C[C@H]1[C@H](F)C[C@@H](C(=O)NCc2cc(-c3cnc(C(F)(F)F)nc3)ncc2F)N1S(=O)(=O)c1cc2ccccc2o1. The molecule has 1 amide bonds. The maximum absolute atomic E-state index is 14.7. The average Bonchev–Trinajstić information content (AvgIpc) is 3.49. The second-order valence-electron chi connectivity index (χ2n) is 9.12. The molecule has 0 aliphatic carbocycles. The van der Waals surface area contributed by atoms with Crippen LogP contribution >= 0.6 is 0 Å². The normalized spacial score (nSPS) is 20.2. The smallest absolute Gasteiger partial charge is 0.443 e. The first kappa shape index (κ1) is 27.6. The van der Waals surface area contributed by atoms with E-state index >= 15 is 0 Å². The molecule has 0 radical (unpaired) electrons. The molecule has 1 aromatic carbocycles. The monoisotopic (exact) mass is 581 g/mol. The van der Waals surface area contributed by atoms with Gasteiger partial charge in [0.1, 0.15) is 23.6 Å². The molecule has 1 fully saturated rings. The Morgan fingerprint density at radius 1 is 1.12 bits per heavy atom. The number of carbonyl (C=O) groups excluding carboxylic acids is 1. The van der Waals surface area contributed by atoms with Crippen LogP contribution in [0.1, 0.15) is 24.7 Å². The molecule has 40 heavy (non-hydrogen) atoms. The summed E-state index contributed by atoms with van der Waals surface area (Å²) in [5.41, 5.74) is 0.293. The van der Waals surface area contributed by atoms with Crippen LogP contribution in [-0.4, -0.2) is 51.8 Å². The zero-order chi connectivity index (χ0) is 28.8. The minimum atomic E-state index is -4.74. The topological polar surface area (TPSA) is 118 Å². The van der Waals surface area contributed by atoms with Gasteiger partial charge in [-0.05, 0) is 19.1 Å². The number of hydrogen-bond acceptors (Lipinski definition) is 7. The summed E-state index contributed by atoms with van der Waals surface area (Å²) in [6.45, 7) is 0.890. The van der Waals surface area contributed by atoms with Gasteiger partial charge in [-0.2, -0.15) is 17.5 Å². The molecule has 5 rings (SSSR count). The summed E-state index contributed by atoms with van der Waals surface area (Å²) in [5, 5.41) is 2.48. The Balaban J connectivity index is 1.35. The van der Waals surface area contributed by atoms with Crippen molar-refractivity contribution >= 4 is 26.9 Å². The van der Waals surface area contributed by atoms with Gasteiger partial charge >= 0.3 is 6.18 Å². The van der Waals surface area contributed by atoms with Gasteiger partial charge in [0.05, 0.1) is 17.9 Å². The third-order valence-corrected chi connectivity index (χ3v) is 8.36. The van der Waals surface area contributed by atoms with Crippen LogP contribution in [0, 0.1) is 5.82 Å². The van der Waals surface area contributed by atoms with Crippen LogP contribution < -0.4 is 5.32 Å². The second-order valence-corrected chi connectivity index (χ2v) is 10.9. The number of carbonyl (C=O) groups is 1. The summed E-state index contributed by atoms with van der Waals surface area (Å²) < 4.78 is 100. The number of furan rings is 1. The van der Waals surface area contributed by atoms with Crippen molar-refractivity contribution < 1.29 is 39.6 Å². The predicted octanol–water partition coefficient (Wildman–Crippen LogP) is 4.25. The summed E-state index contributed by atoms with van der Waals surface area (Å²) in [4.78, 5) is 23.4. The van der Waals surface area contributed by atoms with Gasteiger partial charge in [-0.25, -0.2) is 27.2 Å². The number of amides is 1. The van der Waals surface area contributed by atoms with Gasteiger partial charge in [0.15, 0.2) is 0 Å². The van der Waals surface area contributed by atoms with E-state index in [9.17, 15) is 35.2 Å². The zero-order valence-electron chi connectivity index (χ0n) is 20.6. The van der Waals surface area contributed by atoms with E-state index < -0.39 is 70.1 Å². The van der Waals surface area contributed by atoms with Crippen LogP contribution in [0.3, 0.4) is 0 Å². The Kier molecular flexibility index (Phi) is 7.04. The number of fused-ring (bicyclic) bond motifs is 1. The van der Waals surface area contributed by atoms with Gasteiger partial charge < -0.3 is 9.73 Å². The van der Waals surface area contributed by atoms with Crippen molar-refractivity contribution in [3.8, 4) is 11.3 Å². The van der Waals surface area contributed by atoms with Crippen molar-refractivity contribution in [2.45, 2.75) is 49.4 Å². The molecular weight excluding hydrogens is 561 g/mol. The molecule has 3 aromatic heterocycles. The molecule has 4 heterocycles. The molecule has 210 valence electrons. The molecule has 0 spiro atoms. The van der Waals surface area contributed by atoms with Gasteiger partial charge in [0.25, 0.3) is 10.0 Å². The van der Waals surface area contributed by atoms with Crippen LogP contribution in [0.4, 0.5) is 22.0 Å². The van der Waals surface area contributed by atoms with E-state index in [0.717, 1.165) is 22.9 Å². The Morgan fingerprint density at radius 2 is 1.82 bits per heavy atom. The largest absolute Gasteiger partial charge is 0.451 e. The Hall–Kier alpha value is -3.98. The maximum Gasteiger partial charge on any atom is 0.451 e. The van der Waals surface area contributed by atoms with Crippen LogP contribution in [0.15, 0.2) is 64.5 Å². The number of para-hydroxylation sites is 1. The third-order valence-electron chi connectivity index (χ3n) is 6.51. The lowest BCUT2D eigenvalue weighted by atomic mass is 10.1. The summed E-state index contributed by atoms with van der Waals surface area (Å²) >= 11 is 0. The van der Waals surface area contributed by atoms with Gasteiger partial charge in [0, 0.05) is 47.9 Å². The fourth-order valence-electron chi connectivity index (χ4n) is 4.44. The highest BCUT2D eigenvalue weighted by Gasteiger charge is 2.50. The highest BCUT2D eigenvalue weighted by atomic mass is 32.2. The van der Waals surface area contributed by atoms with Crippen molar-refractivity contribution in [2.24, 2.45) is 0 Å². The summed E-state index contributed by atoms with van der Waals surface area (Å²) in [6.07, 6.45) is -4.27. The fraction of sp³-hybridized carbons (Fsp3) is 0.280. The number of alkyl halides is 4. The van der Waals surface area contributed by atoms with Gasteiger partial charge in [0.2, 0.25) is 16.8 Å². The van der Waals surface area contributed by atoms with Crippen molar-refractivity contribution in [2.75, 3.05) is 0 Å². The van der Waals surface area contributed by atoms with Gasteiger partial charge in [-0.1, -0.05) is 18.2 Å². The van der Waals surface area contributed by atoms with E-state index in [2.05, 4.69) is 20.3 Å². The van der Waals surface area contributed by atoms with E-state index in [1.54, 1.807) is 24.3 Å². The standard InChI is InChI=1S/C25H20F5N5O4S/c1-13-17(26)8-20(35(13)40(37,38)22-7-14-4-2-3-5-21(14)39-22)23(36)32-9-15-6-19(31-12-18(15)27)16-10-33-24(34-11-16)25(28,29)30/h2-7,10-13,17,20H,8-9H2,1H3,(H,32,36)/t13-,17+,20-/m0/s1. The fourth-order valence-corrected chi connectivity index (χ4v) is 6.20. The van der Waals surface area contributed by atoms with Crippen LogP contribution in [0.25, 0.3) is 22.2 Å². The Bertz CT molecular complexity index is 1640. The van der Waals surface area contributed by atoms with Gasteiger partial charge in [-0.15, -0.1) is 0 Å². The lowest BCUT2D eigenvalue weighted by molar-refractivity contribution is -0.145. The third kappa shape index (κ3) is 5.13. The molecule has 0 bridgehead atoms. The number of sulfonamides is 1. The summed E-state index contributed by atoms with van der Waals surface area (Å²) in [5.74, 6) is -3.07. The molecule has 9 nitrogen and oxygen atoms in total. The molecule has 0 unspecified atom stereocenters. The predicted molar refractivity (Wildman–Crippen MR) is 130 cm³/mol. The number of pyridine rings is 1. The highest BCUT2D eigenvalue weighted by molar-refractivity contribution is 7.89. The van der Waals surface area contributed by atoms with E-state index in [1.165, 1.54) is 19.1 Å². The first-order valence-corrected chi connectivity index (χ1v) is 13.3. The summed E-state index contributed by atoms with van der Waals surface area (Å²) in [7, 11) is -4.44. The minimum Gasteiger partial charge on any atom is -0.443 e. The lowest BCUT2D eigenvalue weighted by Crippen LogP contribution is -2.48. The number of nitrogens with zero attached hydrogens (tertiary/aromatic N) is 4. The van der Waals surface area contributed by atoms with Crippen molar-refractivity contribution in [3.05, 3.63) is 72.2 Å². The quantitative estimate of drug-likeness (QED) is 0.338. The van der Waals surface area contributed by atoms with E-state index in [4.69, 9.17) is 4.42 Å². The van der Waals surface area contributed by atoms with Crippen molar-refractivity contribution in [1.82, 2.24) is 24.6 Å². The molecule has 4 aromatic rings. The van der Waals surface area contributed by atoms with Gasteiger partial charge in [-0.3, -0.25) is 9.78 Å². The number of benzene rings is 1. The Morgan fingerprint density at radius 3 is 2.50 bits per heavy atom. The van der Waals surface area contributed by atoms with E-state index in [-0.39, 0.29) is 16.8 Å². The lowest BCUT2D eigenvalue weighted by Gasteiger charge is -2.25. The number of aromatic nitrogens is 3. The van der Waals surface area contributed by atoms with E-state index in [1.807, 2.05) is 0 Å². The Labute approximate surface area is 224 Å². The summed E-state index contributed by atoms with van der Waals surface area (Å²) in [6, 6.07) is 6.39. The molecule has 0 saturated carbocycles. The molecule has 1 saturated heterocycles. The van der Waals surface area contributed by atoms with Crippen LogP contribution in [0.5, 0.6) is 0 Å². The first-order valence-electron chi connectivity index (χ1n) is 11.8. The number of nitrogens with one attached hydrogen (secondary N) is 1. The number of hydrogen-bond donors (Lipinski definition) is 1. The van der Waals surface area contributed by atoms with Crippen LogP contribution in [-0.2, 0) is 27.5 Å². The highest BCUT2D eigenvalue weighted by Crippen LogP contribution is 2.35. The second kappa shape index (κ2) is 10.2. The molecule has 1 aliphatic heterocycles. The molecule has 1 aliphatic rings. The molecular formula is C25H20F5N5O4S. The number of halogens is 5.